The number of aromatic nitrogens is 2. The highest BCUT2D eigenvalue weighted by Gasteiger charge is 2.02. The van der Waals surface area contributed by atoms with Crippen LogP contribution in [0.5, 0.6) is 0 Å². The molecule has 13 heavy (non-hydrogen) atoms. The van der Waals surface area contributed by atoms with Gasteiger partial charge in [-0.25, -0.2) is 4.98 Å². The average Bonchev–Trinajstić information content (AvgIpc) is 2.42. The maximum Gasteiger partial charge on any atom is 0.136 e. The molecule has 0 aromatic carbocycles. The van der Waals surface area contributed by atoms with Crippen molar-refractivity contribution in [2.24, 2.45) is 0 Å². The molecular weight excluding hydrogens is 164 g/mol. The van der Waals surface area contributed by atoms with Gasteiger partial charge in [-0.05, 0) is 25.5 Å². The fraction of sp³-hybridized carbons (Fsp3) is 0.300. The predicted octanol–water partition coefficient (Wildman–Crippen LogP) is 1.70. The maximum atomic E-state index is 9.36. The second-order valence-electron chi connectivity index (χ2n) is 3.29. The summed E-state index contributed by atoms with van der Waals surface area (Å²) in [6.45, 7) is 3.71. The number of aliphatic hydroxyl groups excluding tert-OH is 1. The van der Waals surface area contributed by atoms with Crippen molar-refractivity contribution in [2.75, 3.05) is 0 Å². The molecule has 3 nitrogen and oxygen atoms in total. The van der Waals surface area contributed by atoms with E-state index in [2.05, 4.69) is 4.98 Å². The maximum absolute atomic E-state index is 9.36. The molecule has 68 valence electrons. The lowest BCUT2D eigenvalue weighted by Crippen LogP contribution is -1.93. The number of pyridine rings is 1. The van der Waals surface area contributed by atoms with Crippen molar-refractivity contribution in [1.29, 1.82) is 0 Å². The molecule has 0 saturated heterocycles. The van der Waals surface area contributed by atoms with Crippen molar-refractivity contribution in [3.8, 4) is 0 Å². The van der Waals surface area contributed by atoms with Crippen molar-refractivity contribution >= 4 is 5.65 Å². The zero-order chi connectivity index (χ0) is 9.42. The Morgan fingerprint density at radius 2 is 2.15 bits per heavy atom. The van der Waals surface area contributed by atoms with Crippen LogP contribution >= 0.6 is 0 Å². The van der Waals surface area contributed by atoms with Crippen molar-refractivity contribution in [1.82, 2.24) is 9.38 Å². The first-order valence-electron chi connectivity index (χ1n) is 4.30. The molecule has 2 aromatic heterocycles. The highest BCUT2D eigenvalue weighted by atomic mass is 16.3. The standard InChI is InChI=1S/C10H12N2O/c1-7-5-12-6-9(8(2)13)3-4-10(12)11-7/h3-6,8,13H,1-2H3. The largest absolute Gasteiger partial charge is 0.389 e. The zero-order valence-electron chi connectivity index (χ0n) is 7.73. The van der Waals surface area contributed by atoms with Gasteiger partial charge in [0.25, 0.3) is 0 Å². The minimum atomic E-state index is -0.424. The van der Waals surface area contributed by atoms with Crippen molar-refractivity contribution < 1.29 is 5.11 Å². The molecule has 1 atom stereocenters. The molecule has 2 rings (SSSR count). The number of hydrogen-bond acceptors (Lipinski definition) is 2. The summed E-state index contributed by atoms with van der Waals surface area (Å²) in [6, 6.07) is 3.81. The Balaban J connectivity index is 2.61. The Morgan fingerprint density at radius 3 is 2.85 bits per heavy atom. The molecule has 0 fully saturated rings. The van der Waals surface area contributed by atoms with Gasteiger partial charge >= 0.3 is 0 Å². The van der Waals surface area contributed by atoms with E-state index in [1.54, 1.807) is 6.92 Å². The van der Waals surface area contributed by atoms with E-state index in [1.165, 1.54) is 0 Å². The first kappa shape index (κ1) is 8.26. The lowest BCUT2D eigenvalue weighted by Gasteiger charge is -2.03. The van der Waals surface area contributed by atoms with Gasteiger partial charge in [-0.2, -0.15) is 0 Å². The van der Waals surface area contributed by atoms with Gasteiger partial charge in [-0.3, -0.25) is 0 Å². The number of aryl methyl sites for hydroxylation is 1. The van der Waals surface area contributed by atoms with Crippen LogP contribution in [0.3, 0.4) is 0 Å². The quantitative estimate of drug-likeness (QED) is 0.718. The summed E-state index contributed by atoms with van der Waals surface area (Å²) in [5.41, 5.74) is 2.81. The Kier molecular flexibility index (Phi) is 1.81. The van der Waals surface area contributed by atoms with Crippen molar-refractivity contribution in [3.05, 3.63) is 35.8 Å². The van der Waals surface area contributed by atoms with E-state index in [1.807, 2.05) is 35.9 Å². The van der Waals surface area contributed by atoms with Crippen LogP contribution in [0.4, 0.5) is 0 Å². The van der Waals surface area contributed by atoms with Gasteiger partial charge in [-0.15, -0.1) is 0 Å². The zero-order valence-corrected chi connectivity index (χ0v) is 7.73. The number of aliphatic hydroxyl groups is 1. The van der Waals surface area contributed by atoms with Crippen LogP contribution in [0.15, 0.2) is 24.5 Å². The van der Waals surface area contributed by atoms with Crippen LogP contribution in [-0.4, -0.2) is 14.5 Å². The van der Waals surface area contributed by atoms with E-state index in [0.717, 1.165) is 16.9 Å². The molecule has 2 aromatic rings. The lowest BCUT2D eigenvalue weighted by atomic mass is 10.2. The molecule has 0 radical (unpaired) electrons. The van der Waals surface area contributed by atoms with Crippen LogP contribution in [0.1, 0.15) is 24.3 Å². The summed E-state index contributed by atoms with van der Waals surface area (Å²) in [7, 11) is 0. The summed E-state index contributed by atoms with van der Waals surface area (Å²) in [5.74, 6) is 0. The van der Waals surface area contributed by atoms with Crippen LogP contribution in [0.2, 0.25) is 0 Å². The van der Waals surface area contributed by atoms with Gasteiger partial charge in [0.1, 0.15) is 5.65 Å². The van der Waals surface area contributed by atoms with E-state index in [0.29, 0.717) is 0 Å². The molecule has 0 saturated carbocycles. The van der Waals surface area contributed by atoms with Gasteiger partial charge in [-0.1, -0.05) is 6.07 Å². The Morgan fingerprint density at radius 1 is 1.38 bits per heavy atom. The third-order valence-electron chi connectivity index (χ3n) is 2.08. The highest BCUT2D eigenvalue weighted by Crippen LogP contribution is 2.13. The third kappa shape index (κ3) is 1.42. The monoisotopic (exact) mass is 176 g/mol. The minimum absolute atomic E-state index is 0.424. The van der Waals surface area contributed by atoms with E-state index in [9.17, 15) is 5.11 Å². The van der Waals surface area contributed by atoms with E-state index in [-0.39, 0.29) is 0 Å². The van der Waals surface area contributed by atoms with Gasteiger partial charge < -0.3 is 9.51 Å². The summed E-state index contributed by atoms with van der Waals surface area (Å²) in [6.07, 6.45) is 3.42. The van der Waals surface area contributed by atoms with Crippen LogP contribution in [0, 0.1) is 6.92 Å². The molecule has 3 heteroatoms. The molecule has 0 bridgehead atoms. The number of nitrogens with zero attached hydrogens (tertiary/aromatic N) is 2. The first-order chi connectivity index (χ1) is 6.16. The summed E-state index contributed by atoms with van der Waals surface area (Å²) in [5, 5.41) is 9.36. The predicted molar refractivity (Wildman–Crippen MR) is 50.6 cm³/mol. The van der Waals surface area contributed by atoms with Gasteiger partial charge in [0.15, 0.2) is 0 Å². The van der Waals surface area contributed by atoms with Gasteiger partial charge in [0.2, 0.25) is 0 Å². The Hall–Kier alpha value is -1.35. The van der Waals surface area contributed by atoms with E-state index >= 15 is 0 Å². The summed E-state index contributed by atoms with van der Waals surface area (Å²) in [4.78, 5) is 4.29. The Bertz CT molecular complexity index is 431. The lowest BCUT2D eigenvalue weighted by molar-refractivity contribution is 0.199. The van der Waals surface area contributed by atoms with Crippen molar-refractivity contribution in [2.45, 2.75) is 20.0 Å². The normalized spacial score (nSPS) is 13.5. The summed E-state index contributed by atoms with van der Waals surface area (Å²) < 4.78 is 1.93. The number of rotatable bonds is 1. The molecule has 2 heterocycles. The van der Waals surface area contributed by atoms with Crippen LogP contribution < -0.4 is 0 Å². The number of hydrogen-bond donors (Lipinski definition) is 1. The number of imidazole rings is 1. The van der Waals surface area contributed by atoms with E-state index in [4.69, 9.17) is 0 Å². The second-order valence-corrected chi connectivity index (χ2v) is 3.29. The minimum Gasteiger partial charge on any atom is -0.389 e. The molecule has 0 aliphatic heterocycles. The molecule has 1 unspecified atom stereocenters. The number of fused-ring (bicyclic) bond motifs is 1. The summed E-state index contributed by atoms with van der Waals surface area (Å²) >= 11 is 0. The molecule has 1 N–H and O–H groups in total. The average molecular weight is 176 g/mol. The fourth-order valence-electron chi connectivity index (χ4n) is 1.38. The molecule has 0 amide bonds. The Labute approximate surface area is 76.7 Å². The SMILES string of the molecule is Cc1cn2cc(C(C)O)ccc2n1. The molecule has 0 aliphatic rings. The van der Waals surface area contributed by atoms with Crippen LogP contribution in [0.25, 0.3) is 5.65 Å². The van der Waals surface area contributed by atoms with Crippen molar-refractivity contribution in [3.63, 3.8) is 0 Å². The molecule has 0 spiro atoms. The van der Waals surface area contributed by atoms with Gasteiger partial charge in [0, 0.05) is 12.4 Å². The first-order valence-corrected chi connectivity index (χ1v) is 4.30. The topological polar surface area (TPSA) is 37.5 Å². The fourth-order valence-corrected chi connectivity index (χ4v) is 1.38. The van der Waals surface area contributed by atoms with Gasteiger partial charge in [0.05, 0.1) is 11.8 Å². The third-order valence-corrected chi connectivity index (χ3v) is 2.08. The smallest absolute Gasteiger partial charge is 0.136 e. The molecule has 0 aliphatic carbocycles. The van der Waals surface area contributed by atoms with E-state index < -0.39 is 6.10 Å². The molecular formula is C10H12N2O. The van der Waals surface area contributed by atoms with Crippen LogP contribution in [-0.2, 0) is 0 Å². The second kappa shape index (κ2) is 2.85. The highest BCUT2D eigenvalue weighted by molar-refractivity contribution is 5.41.